The third-order valence-electron chi connectivity index (χ3n) is 6.14. The molecule has 0 amide bonds. The number of benzene rings is 2. The van der Waals surface area contributed by atoms with E-state index in [4.69, 9.17) is 4.74 Å². The summed E-state index contributed by atoms with van der Waals surface area (Å²) in [6.45, 7) is 4.52. The molecule has 136 valence electrons. The maximum Gasteiger partial charge on any atom is 0.132 e. The zero-order valence-electron chi connectivity index (χ0n) is 15.6. The summed E-state index contributed by atoms with van der Waals surface area (Å²) in [5, 5.41) is 3.72. The maximum absolute atomic E-state index is 12.0. The largest absolute Gasteiger partial charge is 0.379 e. The van der Waals surface area contributed by atoms with Gasteiger partial charge >= 0.3 is 0 Å². The van der Waals surface area contributed by atoms with Gasteiger partial charge in [0.2, 0.25) is 0 Å². The van der Waals surface area contributed by atoms with Crippen molar-refractivity contribution in [1.82, 2.24) is 0 Å². The molecule has 0 aromatic heterocycles. The van der Waals surface area contributed by atoms with E-state index in [2.05, 4.69) is 66.8 Å². The number of carbonyl (C=O) groups is 1. The number of ketones is 1. The Hall–Kier alpha value is -2.13. The highest BCUT2D eigenvalue weighted by Crippen LogP contribution is 2.51. The first-order valence-electron chi connectivity index (χ1n) is 9.66. The Kier molecular flexibility index (Phi) is 4.58. The number of hydrogen-bond acceptors (Lipinski definition) is 3. The lowest BCUT2D eigenvalue weighted by molar-refractivity contribution is -0.141. The van der Waals surface area contributed by atoms with Crippen molar-refractivity contribution in [3.8, 4) is 0 Å². The predicted molar refractivity (Wildman–Crippen MR) is 105 cm³/mol. The zero-order chi connectivity index (χ0) is 18.1. The second-order valence-corrected chi connectivity index (χ2v) is 7.79. The highest BCUT2D eigenvalue weighted by Gasteiger charge is 2.53. The summed E-state index contributed by atoms with van der Waals surface area (Å²) in [6, 6.07) is 19.4. The Morgan fingerprint density at radius 3 is 2.62 bits per heavy atom. The third-order valence-corrected chi connectivity index (χ3v) is 6.14. The molecule has 2 aromatic carbocycles. The zero-order valence-corrected chi connectivity index (χ0v) is 15.6. The third kappa shape index (κ3) is 2.95. The van der Waals surface area contributed by atoms with Crippen LogP contribution in [0, 0.1) is 5.92 Å². The molecule has 0 radical (unpaired) electrons. The van der Waals surface area contributed by atoms with E-state index in [1.807, 2.05) is 0 Å². The number of Topliss-reactive ketones (excluding diaryl/α,β-unsaturated/α-hetero) is 1. The standard InChI is InChI=1S/C23H27NO2/c1-3-23(14-16(2)25)22-21(19-11-7-8-12-20(19)24-22)18(15-26-23)13-17-9-5-4-6-10-17/h4-12,18,21-22,24H,3,13-15H2,1-2H3. The highest BCUT2D eigenvalue weighted by atomic mass is 16.5. The molecule has 1 N–H and O–H groups in total. The summed E-state index contributed by atoms with van der Waals surface area (Å²) >= 11 is 0. The molecule has 2 aliphatic rings. The monoisotopic (exact) mass is 349 g/mol. The van der Waals surface area contributed by atoms with Gasteiger partial charge in [0.05, 0.1) is 18.2 Å². The van der Waals surface area contributed by atoms with Crippen molar-refractivity contribution in [3.05, 3.63) is 65.7 Å². The molecule has 1 fully saturated rings. The Balaban J connectivity index is 1.71. The fourth-order valence-corrected chi connectivity index (χ4v) is 4.94. The predicted octanol–water partition coefficient (Wildman–Crippen LogP) is 4.58. The molecule has 0 spiro atoms. The molecule has 3 nitrogen and oxygen atoms in total. The van der Waals surface area contributed by atoms with Crippen molar-refractivity contribution < 1.29 is 9.53 Å². The number of anilines is 1. The fraction of sp³-hybridized carbons (Fsp3) is 0.435. The molecule has 2 aromatic rings. The molecular weight excluding hydrogens is 322 g/mol. The van der Waals surface area contributed by atoms with Crippen molar-refractivity contribution in [2.24, 2.45) is 5.92 Å². The summed E-state index contributed by atoms with van der Waals surface area (Å²) in [5.74, 6) is 0.981. The first-order valence-corrected chi connectivity index (χ1v) is 9.66. The minimum atomic E-state index is -0.414. The van der Waals surface area contributed by atoms with Crippen LogP contribution in [0.2, 0.25) is 0 Å². The summed E-state index contributed by atoms with van der Waals surface area (Å²) in [5.41, 5.74) is 3.51. The average molecular weight is 349 g/mol. The molecule has 4 unspecified atom stereocenters. The van der Waals surface area contributed by atoms with Crippen molar-refractivity contribution in [2.45, 2.75) is 50.7 Å². The average Bonchev–Trinajstić information content (AvgIpc) is 3.05. The molecule has 4 atom stereocenters. The van der Waals surface area contributed by atoms with Crippen LogP contribution in [0.4, 0.5) is 5.69 Å². The summed E-state index contributed by atoms with van der Waals surface area (Å²) < 4.78 is 6.47. The van der Waals surface area contributed by atoms with Crippen LogP contribution in [0.5, 0.6) is 0 Å². The van der Waals surface area contributed by atoms with Gasteiger partial charge in [-0.2, -0.15) is 0 Å². The smallest absolute Gasteiger partial charge is 0.132 e. The molecule has 1 saturated heterocycles. The molecule has 3 heteroatoms. The molecule has 26 heavy (non-hydrogen) atoms. The maximum atomic E-state index is 12.0. The van der Waals surface area contributed by atoms with Crippen molar-refractivity contribution >= 4 is 11.5 Å². The van der Waals surface area contributed by atoms with Gasteiger partial charge in [-0.3, -0.25) is 4.79 Å². The number of para-hydroxylation sites is 1. The van der Waals surface area contributed by atoms with E-state index >= 15 is 0 Å². The lowest BCUT2D eigenvalue weighted by Gasteiger charge is -2.48. The van der Waals surface area contributed by atoms with Crippen molar-refractivity contribution in [2.75, 3.05) is 11.9 Å². The number of nitrogens with one attached hydrogen (secondary N) is 1. The van der Waals surface area contributed by atoms with Crippen LogP contribution in [0.15, 0.2) is 54.6 Å². The van der Waals surface area contributed by atoms with Gasteiger partial charge in [0.25, 0.3) is 0 Å². The van der Waals surface area contributed by atoms with Crippen LogP contribution in [-0.4, -0.2) is 24.0 Å². The summed E-state index contributed by atoms with van der Waals surface area (Å²) in [7, 11) is 0. The number of ether oxygens (including phenoxy) is 1. The first kappa shape index (κ1) is 17.3. The molecular formula is C23H27NO2. The van der Waals surface area contributed by atoms with Gasteiger partial charge in [-0.1, -0.05) is 55.5 Å². The van der Waals surface area contributed by atoms with Crippen LogP contribution < -0.4 is 5.32 Å². The van der Waals surface area contributed by atoms with Gasteiger partial charge in [0.1, 0.15) is 5.78 Å². The Bertz CT molecular complexity index is 788. The van der Waals surface area contributed by atoms with E-state index in [1.54, 1.807) is 6.92 Å². The van der Waals surface area contributed by atoms with Gasteiger partial charge in [-0.05, 0) is 42.9 Å². The highest BCUT2D eigenvalue weighted by molar-refractivity contribution is 5.77. The van der Waals surface area contributed by atoms with Crippen LogP contribution in [0.25, 0.3) is 0 Å². The summed E-state index contributed by atoms with van der Waals surface area (Å²) in [4.78, 5) is 12.0. The molecule has 0 bridgehead atoms. The quantitative estimate of drug-likeness (QED) is 0.858. The number of fused-ring (bicyclic) bond motifs is 3. The van der Waals surface area contributed by atoms with Gasteiger partial charge < -0.3 is 10.1 Å². The van der Waals surface area contributed by atoms with Crippen LogP contribution in [0.1, 0.15) is 43.7 Å². The minimum Gasteiger partial charge on any atom is -0.379 e. The van der Waals surface area contributed by atoms with Gasteiger partial charge in [0.15, 0.2) is 0 Å². The van der Waals surface area contributed by atoms with E-state index in [0.717, 1.165) is 12.8 Å². The summed E-state index contributed by atoms with van der Waals surface area (Å²) in [6.07, 6.45) is 2.31. The van der Waals surface area contributed by atoms with E-state index < -0.39 is 5.60 Å². The van der Waals surface area contributed by atoms with Crippen LogP contribution >= 0.6 is 0 Å². The van der Waals surface area contributed by atoms with Crippen molar-refractivity contribution in [3.63, 3.8) is 0 Å². The second-order valence-electron chi connectivity index (χ2n) is 7.79. The molecule has 0 aliphatic carbocycles. The SMILES string of the molecule is CCC1(CC(C)=O)OCC(Cc2ccccc2)C2c3ccccc3NC21. The van der Waals surface area contributed by atoms with Crippen molar-refractivity contribution in [1.29, 1.82) is 0 Å². The van der Waals surface area contributed by atoms with E-state index in [1.165, 1.54) is 16.8 Å². The van der Waals surface area contributed by atoms with E-state index in [9.17, 15) is 4.79 Å². The minimum absolute atomic E-state index is 0.149. The van der Waals surface area contributed by atoms with E-state index in [0.29, 0.717) is 24.9 Å². The van der Waals surface area contributed by atoms with Crippen LogP contribution in [0.3, 0.4) is 0 Å². The number of hydrogen-bond donors (Lipinski definition) is 1. The first-order chi connectivity index (χ1) is 12.6. The topological polar surface area (TPSA) is 38.3 Å². The fourth-order valence-electron chi connectivity index (χ4n) is 4.94. The van der Waals surface area contributed by atoms with Gasteiger partial charge in [-0.15, -0.1) is 0 Å². The molecule has 0 saturated carbocycles. The Labute approximate surface area is 155 Å². The van der Waals surface area contributed by atoms with Gasteiger partial charge in [-0.25, -0.2) is 0 Å². The molecule has 2 aliphatic heterocycles. The van der Waals surface area contributed by atoms with Crippen LogP contribution in [-0.2, 0) is 16.0 Å². The molecule has 4 rings (SSSR count). The number of carbonyl (C=O) groups excluding carboxylic acids is 1. The number of rotatable bonds is 5. The molecule has 2 heterocycles. The Morgan fingerprint density at radius 1 is 1.15 bits per heavy atom. The second kappa shape index (κ2) is 6.88. The normalized spacial score (nSPS) is 29.5. The lowest BCUT2D eigenvalue weighted by atomic mass is 9.70. The van der Waals surface area contributed by atoms with E-state index in [-0.39, 0.29) is 11.8 Å². The Morgan fingerprint density at radius 2 is 1.88 bits per heavy atom. The lowest BCUT2D eigenvalue weighted by Crippen LogP contribution is -2.57. The van der Waals surface area contributed by atoms with Gasteiger partial charge in [0, 0.05) is 18.0 Å².